The van der Waals surface area contributed by atoms with Gasteiger partial charge in [-0.25, -0.2) is 9.38 Å². The molecule has 2 heterocycles. The van der Waals surface area contributed by atoms with Gasteiger partial charge in [0, 0.05) is 58.4 Å². The second-order valence-corrected chi connectivity index (χ2v) is 9.52. The molecule has 0 bridgehead atoms. The predicted octanol–water partition coefficient (Wildman–Crippen LogP) is 3.76. The summed E-state index contributed by atoms with van der Waals surface area (Å²) in [5, 5.41) is 6.94. The third-order valence-corrected chi connectivity index (χ3v) is 6.49. The van der Waals surface area contributed by atoms with Gasteiger partial charge in [0.25, 0.3) is 0 Å². The zero-order chi connectivity index (χ0) is 22.9. The number of halogens is 2. The number of hydrogen-bond acceptors (Lipinski definition) is 4. The Kier molecular flexibility index (Phi) is 12.2. The average molecular weight is 575 g/mol. The molecule has 0 aromatic heterocycles. The lowest BCUT2D eigenvalue weighted by atomic mass is 10.0. The largest absolute Gasteiger partial charge is 0.367 e. The van der Waals surface area contributed by atoms with Gasteiger partial charge in [-0.2, -0.15) is 0 Å². The van der Waals surface area contributed by atoms with Crippen LogP contribution in [0.2, 0.25) is 0 Å². The Balaban J connectivity index is 0.00000385. The molecule has 2 N–H and O–H groups in total. The number of rotatable bonds is 8. The van der Waals surface area contributed by atoms with Crippen molar-refractivity contribution in [3.8, 4) is 0 Å². The van der Waals surface area contributed by atoms with E-state index in [2.05, 4.69) is 53.0 Å². The maximum absolute atomic E-state index is 14.8. The van der Waals surface area contributed by atoms with Gasteiger partial charge in [-0.1, -0.05) is 26.8 Å². The third kappa shape index (κ3) is 8.87. The molecule has 2 aliphatic heterocycles. The van der Waals surface area contributed by atoms with Gasteiger partial charge in [0.15, 0.2) is 5.96 Å². The number of likely N-dealkylation sites (tertiary alicyclic amines) is 1. The second-order valence-electron chi connectivity index (χ2n) is 9.52. The Morgan fingerprint density at radius 1 is 1.06 bits per heavy atom. The fraction of sp³-hybridized carbons (Fsp3) is 0.720. The van der Waals surface area contributed by atoms with E-state index in [1.54, 1.807) is 6.07 Å². The van der Waals surface area contributed by atoms with E-state index in [0.717, 1.165) is 76.7 Å². The molecule has 2 aliphatic rings. The number of aliphatic imine (C=N–C) groups is 1. The molecule has 0 amide bonds. The highest BCUT2D eigenvalue weighted by Crippen LogP contribution is 2.22. The van der Waals surface area contributed by atoms with Crippen LogP contribution in [0.5, 0.6) is 0 Å². The number of anilines is 1. The first kappa shape index (κ1) is 28.1. The van der Waals surface area contributed by atoms with E-state index in [1.807, 2.05) is 12.1 Å². The van der Waals surface area contributed by atoms with Gasteiger partial charge >= 0.3 is 0 Å². The minimum absolute atomic E-state index is 0. The topological polar surface area (TPSA) is 46.1 Å². The fourth-order valence-electron chi connectivity index (χ4n) is 4.67. The molecule has 8 heteroatoms. The number of hydrogen-bond donors (Lipinski definition) is 2. The maximum atomic E-state index is 14.8. The number of likely N-dealkylation sites (N-methyl/N-ethyl adjacent to an activating group) is 1. The highest BCUT2D eigenvalue weighted by molar-refractivity contribution is 14.0. The Morgan fingerprint density at radius 3 is 2.33 bits per heavy atom. The highest BCUT2D eigenvalue weighted by Gasteiger charge is 2.21. The van der Waals surface area contributed by atoms with Crippen LogP contribution in [0.3, 0.4) is 0 Å². The summed E-state index contributed by atoms with van der Waals surface area (Å²) in [6.45, 7) is 18.4. The van der Waals surface area contributed by atoms with Crippen LogP contribution in [0.15, 0.2) is 23.2 Å². The van der Waals surface area contributed by atoms with Crippen LogP contribution in [0.25, 0.3) is 0 Å². The van der Waals surface area contributed by atoms with Crippen molar-refractivity contribution in [1.29, 1.82) is 0 Å². The highest BCUT2D eigenvalue weighted by atomic mass is 127. The summed E-state index contributed by atoms with van der Waals surface area (Å²) < 4.78 is 14.8. The van der Waals surface area contributed by atoms with E-state index >= 15 is 0 Å². The van der Waals surface area contributed by atoms with Gasteiger partial charge in [0.2, 0.25) is 0 Å². The summed E-state index contributed by atoms with van der Waals surface area (Å²) in [5.41, 5.74) is 1.62. The average Bonchev–Trinajstić information content (AvgIpc) is 2.79. The van der Waals surface area contributed by atoms with Crippen LogP contribution < -0.4 is 15.5 Å². The summed E-state index contributed by atoms with van der Waals surface area (Å²) in [5.74, 6) is 1.40. The van der Waals surface area contributed by atoms with Crippen molar-refractivity contribution < 1.29 is 4.39 Å². The molecule has 1 aromatic rings. The lowest BCUT2D eigenvalue weighted by Crippen LogP contribution is -2.49. The Labute approximate surface area is 217 Å². The van der Waals surface area contributed by atoms with Crippen molar-refractivity contribution in [3.05, 3.63) is 29.6 Å². The van der Waals surface area contributed by atoms with Gasteiger partial charge in [-0.3, -0.25) is 0 Å². The van der Waals surface area contributed by atoms with Crippen LogP contribution >= 0.6 is 24.0 Å². The van der Waals surface area contributed by atoms with E-state index in [1.165, 1.54) is 6.54 Å². The number of guanidine groups is 1. The number of piperazine rings is 1. The number of benzene rings is 1. The number of nitrogens with zero attached hydrogens (tertiary/aromatic N) is 4. The molecule has 6 nitrogen and oxygen atoms in total. The lowest BCUT2D eigenvalue weighted by Gasteiger charge is -2.35. The molecule has 0 radical (unpaired) electrons. The molecule has 0 saturated carbocycles. The number of nitrogens with one attached hydrogen (secondary N) is 2. The summed E-state index contributed by atoms with van der Waals surface area (Å²) >= 11 is 0. The molecule has 33 heavy (non-hydrogen) atoms. The van der Waals surface area contributed by atoms with Crippen LogP contribution in [-0.4, -0.2) is 80.7 Å². The van der Waals surface area contributed by atoms with Gasteiger partial charge in [0.05, 0.1) is 12.2 Å². The molecule has 1 aromatic carbocycles. The van der Waals surface area contributed by atoms with E-state index in [0.29, 0.717) is 24.2 Å². The SMILES string of the molecule is CCNC(=NCc1ccc(N2CCN(CC)CC2)c(F)c1)NC1CCN(CC(C)C)CC1.I. The molecule has 2 fully saturated rings. The Hall–Kier alpha value is -1.13. The molecule has 0 unspecified atom stereocenters. The lowest BCUT2D eigenvalue weighted by molar-refractivity contribution is 0.187. The quantitative estimate of drug-likeness (QED) is 0.282. The second kappa shape index (κ2) is 14.3. The molecule has 2 saturated heterocycles. The first-order valence-corrected chi connectivity index (χ1v) is 12.5. The fourth-order valence-corrected chi connectivity index (χ4v) is 4.67. The van der Waals surface area contributed by atoms with Crippen LogP contribution in [0.1, 0.15) is 46.1 Å². The minimum Gasteiger partial charge on any atom is -0.367 e. The molecular weight excluding hydrogens is 530 g/mol. The van der Waals surface area contributed by atoms with Gasteiger partial charge in [0.1, 0.15) is 5.82 Å². The van der Waals surface area contributed by atoms with Gasteiger partial charge in [-0.05, 0) is 49.9 Å². The summed E-state index contributed by atoms with van der Waals surface area (Å²) in [6, 6.07) is 6.03. The Bertz CT molecular complexity index is 728. The Morgan fingerprint density at radius 2 is 1.76 bits per heavy atom. The van der Waals surface area contributed by atoms with E-state index in [-0.39, 0.29) is 29.8 Å². The molecule has 188 valence electrons. The maximum Gasteiger partial charge on any atom is 0.191 e. The normalized spacial score (nSPS) is 19.0. The van der Waals surface area contributed by atoms with Gasteiger partial charge in [-0.15, -0.1) is 24.0 Å². The minimum atomic E-state index is -0.141. The van der Waals surface area contributed by atoms with Crippen molar-refractivity contribution in [2.45, 2.75) is 53.1 Å². The van der Waals surface area contributed by atoms with Crippen molar-refractivity contribution in [2.24, 2.45) is 10.9 Å². The first-order valence-electron chi connectivity index (χ1n) is 12.5. The van der Waals surface area contributed by atoms with E-state index < -0.39 is 0 Å². The van der Waals surface area contributed by atoms with Gasteiger partial charge < -0.3 is 25.3 Å². The van der Waals surface area contributed by atoms with Crippen molar-refractivity contribution in [1.82, 2.24) is 20.4 Å². The summed E-state index contributed by atoms with van der Waals surface area (Å²) in [4.78, 5) is 11.9. The zero-order valence-corrected chi connectivity index (χ0v) is 23.3. The van der Waals surface area contributed by atoms with Crippen molar-refractivity contribution >= 4 is 35.6 Å². The smallest absolute Gasteiger partial charge is 0.191 e. The summed E-state index contributed by atoms with van der Waals surface area (Å²) in [6.07, 6.45) is 2.26. The number of piperidine rings is 1. The van der Waals surface area contributed by atoms with Crippen LogP contribution in [-0.2, 0) is 6.54 Å². The molecular formula is C25H44FIN6. The van der Waals surface area contributed by atoms with E-state index in [4.69, 9.17) is 4.99 Å². The third-order valence-electron chi connectivity index (χ3n) is 6.49. The molecule has 0 spiro atoms. The molecule has 0 aliphatic carbocycles. The monoisotopic (exact) mass is 574 g/mol. The van der Waals surface area contributed by atoms with E-state index in [9.17, 15) is 4.39 Å². The predicted molar refractivity (Wildman–Crippen MR) is 148 cm³/mol. The van der Waals surface area contributed by atoms with Crippen molar-refractivity contribution in [3.63, 3.8) is 0 Å². The van der Waals surface area contributed by atoms with Crippen LogP contribution in [0.4, 0.5) is 10.1 Å². The van der Waals surface area contributed by atoms with Crippen LogP contribution in [0, 0.1) is 11.7 Å². The van der Waals surface area contributed by atoms with Crippen molar-refractivity contribution in [2.75, 3.05) is 63.8 Å². The zero-order valence-electron chi connectivity index (χ0n) is 20.9. The first-order chi connectivity index (χ1) is 15.5. The molecule has 0 atom stereocenters. The molecule has 3 rings (SSSR count). The summed E-state index contributed by atoms with van der Waals surface area (Å²) in [7, 11) is 0. The standard InChI is InChI=1S/C25H43FN6.HI/c1-5-27-25(29-22-9-11-31(12-10-22)19-20(3)4)28-18-21-7-8-24(23(26)17-21)32-15-13-30(6-2)14-16-32;/h7-8,17,20,22H,5-6,9-16,18-19H2,1-4H3,(H2,27,28,29);1H.